The Kier molecular flexibility index (Phi) is 6.13. The average molecular weight is 397 g/mol. The van der Waals surface area contributed by atoms with Crippen LogP contribution in [0.1, 0.15) is 10.5 Å². The van der Waals surface area contributed by atoms with E-state index in [1.54, 1.807) is 30.3 Å². The molecule has 2 aromatic carbocycles. The van der Waals surface area contributed by atoms with Crippen LogP contribution in [0.2, 0.25) is 0 Å². The first-order chi connectivity index (χ1) is 14.0. The molecule has 0 atom stereocenters. The number of halogens is 1. The van der Waals surface area contributed by atoms with Crippen LogP contribution < -0.4 is 24.8 Å². The van der Waals surface area contributed by atoms with E-state index in [-0.39, 0.29) is 11.4 Å². The molecule has 0 bridgehead atoms. The highest BCUT2D eigenvalue weighted by Crippen LogP contribution is 2.40. The summed E-state index contributed by atoms with van der Waals surface area (Å²) in [5.74, 6) is 0.473. The summed E-state index contributed by atoms with van der Waals surface area (Å²) in [5, 5.41) is 5.65. The minimum absolute atomic E-state index is 0.0962. The molecule has 0 spiro atoms. The number of hydrogen-bond donors (Lipinski definition) is 2. The predicted octanol–water partition coefficient (Wildman–Crippen LogP) is 4.24. The minimum Gasteiger partial charge on any atom is -0.493 e. The molecule has 0 aliphatic rings. The van der Waals surface area contributed by atoms with Crippen molar-refractivity contribution < 1.29 is 23.4 Å². The fourth-order valence-electron chi connectivity index (χ4n) is 2.67. The Hall–Kier alpha value is -3.81. The second-order valence-electron chi connectivity index (χ2n) is 5.91. The monoisotopic (exact) mass is 397 g/mol. The number of ether oxygens (including phenoxy) is 3. The van der Waals surface area contributed by atoms with E-state index in [1.807, 2.05) is 0 Å². The van der Waals surface area contributed by atoms with Crippen molar-refractivity contribution in [2.75, 3.05) is 32.0 Å². The maximum atomic E-state index is 13.7. The third kappa shape index (κ3) is 4.55. The van der Waals surface area contributed by atoms with Gasteiger partial charge in [-0.05, 0) is 24.3 Å². The van der Waals surface area contributed by atoms with Crippen LogP contribution in [-0.2, 0) is 0 Å². The van der Waals surface area contributed by atoms with Crippen molar-refractivity contribution in [1.82, 2.24) is 4.98 Å². The summed E-state index contributed by atoms with van der Waals surface area (Å²) in [5.41, 5.74) is 1.58. The SMILES string of the molecule is COc1cc(Nc2ccc(C(=O)Nc3ccccc3F)nc2)cc(OC)c1OC. The van der Waals surface area contributed by atoms with Gasteiger partial charge in [-0.25, -0.2) is 9.37 Å². The number of rotatable bonds is 7. The van der Waals surface area contributed by atoms with Gasteiger partial charge in [0, 0.05) is 17.8 Å². The zero-order chi connectivity index (χ0) is 20.8. The number of pyridine rings is 1. The Morgan fingerprint density at radius 1 is 0.931 bits per heavy atom. The molecule has 0 unspecified atom stereocenters. The fourth-order valence-corrected chi connectivity index (χ4v) is 2.67. The first-order valence-corrected chi connectivity index (χ1v) is 8.64. The van der Waals surface area contributed by atoms with Crippen LogP contribution in [0.25, 0.3) is 0 Å². The minimum atomic E-state index is -0.512. The number of aromatic nitrogens is 1. The number of nitrogens with zero attached hydrogens (tertiary/aromatic N) is 1. The Balaban J connectivity index is 1.75. The van der Waals surface area contributed by atoms with Crippen LogP contribution in [0.3, 0.4) is 0 Å². The van der Waals surface area contributed by atoms with Gasteiger partial charge >= 0.3 is 0 Å². The van der Waals surface area contributed by atoms with Gasteiger partial charge in [-0.1, -0.05) is 12.1 Å². The molecule has 2 N–H and O–H groups in total. The quantitative estimate of drug-likeness (QED) is 0.621. The zero-order valence-corrected chi connectivity index (χ0v) is 16.2. The zero-order valence-electron chi connectivity index (χ0n) is 16.2. The summed E-state index contributed by atoms with van der Waals surface area (Å²) in [6, 6.07) is 12.7. The lowest BCUT2D eigenvalue weighted by atomic mass is 10.2. The van der Waals surface area contributed by atoms with E-state index in [0.717, 1.165) is 0 Å². The average Bonchev–Trinajstić information content (AvgIpc) is 2.75. The third-order valence-electron chi connectivity index (χ3n) is 4.07. The first-order valence-electron chi connectivity index (χ1n) is 8.64. The summed E-state index contributed by atoms with van der Waals surface area (Å²) in [4.78, 5) is 16.4. The van der Waals surface area contributed by atoms with Gasteiger partial charge in [-0.15, -0.1) is 0 Å². The Bertz CT molecular complexity index is 984. The molecule has 0 fully saturated rings. The summed E-state index contributed by atoms with van der Waals surface area (Å²) in [7, 11) is 4.60. The largest absolute Gasteiger partial charge is 0.493 e. The van der Waals surface area contributed by atoms with Gasteiger partial charge in [0.1, 0.15) is 11.5 Å². The number of benzene rings is 2. The van der Waals surface area contributed by atoms with E-state index in [0.29, 0.717) is 28.6 Å². The van der Waals surface area contributed by atoms with Gasteiger partial charge in [-0.3, -0.25) is 4.79 Å². The third-order valence-corrected chi connectivity index (χ3v) is 4.07. The van der Waals surface area contributed by atoms with E-state index in [9.17, 15) is 9.18 Å². The molecule has 1 heterocycles. The molecule has 0 aliphatic carbocycles. The molecule has 0 radical (unpaired) electrons. The van der Waals surface area contributed by atoms with Crippen LogP contribution in [0.4, 0.5) is 21.5 Å². The van der Waals surface area contributed by atoms with Crippen LogP contribution in [0.5, 0.6) is 17.2 Å². The standard InChI is InChI=1S/C21H20FN3O4/c1-27-18-10-14(11-19(28-2)20(18)29-3)24-13-8-9-17(23-12-13)21(26)25-16-7-5-4-6-15(16)22/h4-12,24H,1-3H3,(H,25,26). The number of hydrogen-bond acceptors (Lipinski definition) is 6. The highest BCUT2D eigenvalue weighted by Gasteiger charge is 2.14. The molecule has 3 aromatic rings. The molecule has 8 heteroatoms. The topological polar surface area (TPSA) is 81.7 Å². The molecule has 1 amide bonds. The maximum absolute atomic E-state index is 13.7. The maximum Gasteiger partial charge on any atom is 0.274 e. The normalized spacial score (nSPS) is 10.2. The molecule has 0 aliphatic heterocycles. The Morgan fingerprint density at radius 2 is 1.62 bits per heavy atom. The Morgan fingerprint density at radius 3 is 2.17 bits per heavy atom. The van der Waals surface area contributed by atoms with E-state index in [2.05, 4.69) is 15.6 Å². The van der Waals surface area contributed by atoms with Crippen molar-refractivity contribution in [3.05, 3.63) is 66.2 Å². The molecule has 150 valence electrons. The summed E-state index contributed by atoms with van der Waals surface area (Å²) < 4.78 is 29.6. The number of carbonyl (C=O) groups excluding carboxylic acids is 1. The second kappa shape index (κ2) is 8.92. The number of para-hydroxylation sites is 1. The van der Waals surface area contributed by atoms with Crippen LogP contribution >= 0.6 is 0 Å². The lowest BCUT2D eigenvalue weighted by Gasteiger charge is -2.15. The molecule has 29 heavy (non-hydrogen) atoms. The van der Waals surface area contributed by atoms with Crippen molar-refractivity contribution in [2.45, 2.75) is 0 Å². The van der Waals surface area contributed by atoms with Crippen molar-refractivity contribution in [1.29, 1.82) is 0 Å². The summed E-state index contributed by atoms with van der Waals surface area (Å²) >= 11 is 0. The van der Waals surface area contributed by atoms with Crippen molar-refractivity contribution >= 4 is 23.0 Å². The summed E-state index contributed by atoms with van der Waals surface area (Å²) in [6.45, 7) is 0. The fraction of sp³-hybridized carbons (Fsp3) is 0.143. The van der Waals surface area contributed by atoms with Gasteiger partial charge in [0.15, 0.2) is 11.5 Å². The predicted molar refractivity (Wildman–Crippen MR) is 108 cm³/mol. The molecule has 3 rings (SSSR count). The lowest BCUT2D eigenvalue weighted by Crippen LogP contribution is -2.14. The number of methoxy groups -OCH3 is 3. The highest BCUT2D eigenvalue weighted by atomic mass is 19.1. The number of anilines is 3. The van der Waals surface area contributed by atoms with Gasteiger partial charge in [0.25, 0.3) is 5.91 Å². The van der Waals surface area contributed by atoms with E-state index < -0.39 is 11.7 Å². The van der Waals surface area contributed by atoms with Crippen molar-refractivity contribution in [2.24, 2.45) is 0 Å². The smallest absolute Gasteiger partial charge is 0.274 e. The second-order valence-corrected chi connectivity index (χ2v) is 5.91. The van der Waals surface area contributed by atoms with Crippen LogP contribution in [-0.4, -0.2) is 32.2 Å². The Labute approximate surface area is 167 Å². The van der Waals surface area contributed by atoms with Crippen LogP contribution in [0, 0.1) is 5.82 Å². The molecular formula is C21H20FN3O4. The van der Waals surface area contributed by atoms with E-state index >= 15 is 0 Å². The van der Waals surface area contributed by atoms with Crippen molar-refractivity contribution in [3.8, 4) is 17.2 Å². The van der Waals surface area contributed by atoms with Gasteiger partial charge < -0.3 is 24.8 Å². The van der Waals surface area contributed by atoms with Gasteiger partial charge in [0.2, 0.25) is 5.75 Å². The van der Waals surface area contributed by atoms with Crippen molar-refractivity contribution in [3.63, 3.8) is 0 Å². The number of nitrogens with one attached hydrogen (secondary N) is 2. The molecular weight excluding hydrogens is 377 g/mol. The summed E-state index contributed by atoms with van der Waals surface area (Å²) in [6.07, 6.45) is 1.50. The van der Waals surface area contributed by atoms with E-state index in [1.165, 1.54) is 45.7 Å². The molecule has 0 saturated heterocycles. The number of amides is 1. The molecule has 7 nitrogen and oxygen atoms in total. The first kappa shape index (κ1) is 19.9. The van der Waals surface area contributed by atoms with Gasteiger partial charge in [-0.2, -0.15) is 0 Å². The van der Waals surface area contributed by atoms with Gasteiger partial charge in [0.05, 0.1) is 38.9 Å². The van der Waals surface area contributed by atoms with Crippen LogP contribution in [0.15, 0.2) is 54.7 Å². The molecule has 0 saturated carbocycles. The highest BCUT2D eigenvalue weighted by molar-refractivity contribution is 6.03. The molecule has 1 aromatic heterocycles. The van der Waals surface area contributed by atoms with E-state index in [4.69, 9.17) is 14.2 Å². The number of carbonyl (C=O) groups is 1. The lowest BCUT2D eigenvalue weighted by molar-refractivity contribution is 0.102.